The minimum absolute atomic E-state index is 0.0192. The van der Waals surface area contributed by atoms with Crippen molar-refractivity contribution in [3.8, 4) is 5.75 Å². The predicted octanol–water partition coefficient (Wildman–Crippen LogP) is 1.70. The molecule has 96 valence electrons. The summed E-state index contributed by atoms with van der Waals surface area (Å²) < 4.78 is 0. The van der Waals surface area contributed by atoms with Crippen LogP contribution in [0.2, 0.25) is 5.02 Å². The highest BCUT2D eigenvalue weighted by molar-refractivity contribution is 6.32. The van der Waals surface area contributed by atoms with E-state index in [0.29, 0.717) is 12.1 Å². The van der Waals surface area contributed by atoms with Gasteiger partial charge in [0.1, 0.15) is 5.75 Å². The summed E-state index contributed by atoms with van der Waals surface area (Å²) in [5, 5.41) is 15.5. The smallest absolute Gasteiger partial charge is 0.251 e. The molecule has 18 heavy (non-hydrogen) atoms. The number of aromatic hydroxyl groups is 1. The molecule has 0 aliphatic carbocycles. The van der Waals surface area contributed by atoms with Crippen molar-refractivity contribution in [3.63, 3.8) is 0 Å². The third kappa shape index (κ3) is 3.24. The fourth-order valence-electron chi connectivity index (χ4n) is 1.77. The van der Waals surface area contributed by atoms with Crippen LogP contribution in [0.1, 0.15) is 16.8 Å². The van der Waals surface area contributed by atoms with Crippen LogP contribution in [0.3, 0.4) is 0 Å². The van der Waals surface area contributed by atoms with Crippen LogP contribution >= 0.6 is 11.6 Å². The fourth-order valence-corrected chi connectivity index (χ4v) is 1.95. The molecule has 1 heterocycles. The van der Waals surface area contributed by atoms with Crippen LogP contribution in [0.5, 0.6) is 5.75 Å². The van der Waals surface area contributed by atoms with E-state index in [1.165, 1.54) is 17.7 Å². The molecule has 0 fully saturated rings. The van der Waals surface area contributed by atoms with E-state index >= 15 is 0 Å². The lowest BCUT2D eigenvalue weighted by Crippen LogP contribution is -2.29. The van der Waals surface area contributed by atoms with Gasteiger partial charge in [-0.3, -0.25) is 4.79 Å². The van der Waals surface area contributed by atoms with Crippen LogP contribution in [-0.4, -0.2) is 30.6 Å². The Hall–Kier alpha value is -1.52. The Morgan fingerprint density at radius 2 is 2.33 bits per heavy atom. The zero-order valence-corrected chi connectivity index (χ0v) is 10.6. The van der Waals surface area contributed by atoms with Crippen LogP contribution in [-0.2, 0) is 0 Å². The standard InChI is InChI=1S/C13H15ClN2O2/c14-11-7-10(1-2-12(11)17)13(18)16-8-9-3-5-15-6-4-9/h1-3,7,15,17H,4-6,8H2,(H,16,18). The van der Waals surface area contributed by atoms with E-state index in [-0.39, 0.29) is 16.7 Å². The van der Waals surface area contributed by atoms with Crippen molar-refractivity contribution in [2.75, 3.05) is 19.6 Å². The van der Waals surface area contributed by atoms with Crippen LogP contribution in [0.4, 0.5) is 0 Å². The largest absolute Gasteiger partial charge is 0.506 e. The van der Waals surface area contributed by atoms with Gasteiger partial charge in [-0.05, 0) is 31.2 Å². The molecule has 0 aromatic heterocycles. The van der Waals surface area contributed by atoms with Crippen molar-refractivity contribution < 1.29 is 9.90 Å². The number of nitrogens with one attached hydrogen (secondary N) is 2. The summed E-state index contributed by atoms with van der Waals surface area (Å²) in [4.78, 5) is 11.9. The molecular weight excluding hydrogens is 252 g/mol. The van der Waals surface area contributed by atoms with Gasteiger partial charge in [0.25, 0.3) is 5.91 Å². The Balaban J connectivity index is 1.95. The van der Waals surface area contributed by atoms with Crippen LogP contribution < -0.4 is 10.6 Å². The van der Waals surface area contributed by atoms with Crippen LogP contribution in [0, 0.1) is 0 Å². The molecule has 0 atom stereocenters. The van der Waals surface area contributed by atoms with Gasteiger partial charge in [0.05, 0.1) is 5.02 Å². The maximum Gasteiger partial charge on any atom is 0.251 e. The maximum absolute atomic E-state index is 11.9. The molecule has 0 bridgehead atoms. The van der Waals surface area contributed by atoms with E-state index < -0.39 is 0 Å². The molecular formula is C13H15ClN2O2. The maximum atomic E-state index is 11.9. The third-order valence-corrected chi connectivity index (χ3v) is 3.15. The summed E-state index contributed by atoms with van der Waals surface area (Å²) in [5.74, 6) is -0.203. The summed E-state index contributed by atoms with van der Waals surface area (Å²) >= 11 is 5.76. The summed E-state index contributed by atoms with van der Waals surface area (Å²) in [6.07, 6.45) is 3.05. The Morgan fingerprint density at radius 3 is 3.00 bits per heavy atom. The summed E-state index contributed by atoms with van der Waals surface area (Å²) in [7, 11) is 0. The molecule has 5 heteroatoms. The average molecular weight is 267 g/mol. The van der Waals surface area contributed by atoms with E-state index in [1.807, 2.05) is 0 Å². The first-order valence-corrected chi connectivity index (χ1v) is 6.20. The first-order valence-electron chi connectivity index (χ1n) is 5.82. The number of benzene rings is 1. The molecule has 1 aromatic carbocycles. The number of carbonyl (C=O) groups is 1. The van der Waals surface area contributed by atoms with Crippen LogP contribution in [0.25, 0.3) is 0 Å². The first-order chi connectivity index (χ1) is 8.66. The van der Waals surface area contributed by atoms with Crippen molar-refractivity contribution in [3.05, 3.63) is 40.4 Å². The fraction of sp³-hybridized carbons (Fsp3) is 0.308. The van der Waals surface area contributed by atoms with E-state index in [9.17, 15) is 9.90 Å². The number of rotatable bonds is 3. The van der Waals surface area contributed by atoms with Gasteiger partial charge in [0.2, 0.25) is 0 Å². The van der Waals surface area contributed by atoms with Crippen LogP contribution in [0.15, 0.2) is 29.8 Å². The molecule has 1 aliphatic heterocycles. The van der Waals surface area contributed by atoms with Crippen molar-refractivity contribution in [1.82, 2.24) is 10.6 Å². The van der Waals surface area contributed by atoms with Gasteiger partial charge in [-0.1, -0.05) is 23.3 Å². The molecule has 3 N–H and O–H groups in total. The van der Waals surface area contributed by atoms with Crippen molar-refractivity contribution >= 4 is 17.5 Å². The van der Waals surface area contributed by atoms with Gasteiger partial charge in [-0.15, -0.1) is 0 Å². The highest BCUT2D eigenvalue weighted by Gasteiger charge is 2.09. The molecule has 4 nitrogen and oxygen atoms in total. The van der Waals surface area contributed by atoms with Gasteiger partial charge in [-0.25, -0.2) is 0 Å². The molecule has 0 unspecified atom stereocenters. The molecule has 0 spiro atoms. The van der Waals surface area contributed by atoms with E-state index in [0.717, 1.165) is 19.5 Å². The Bertz CT molecular complexity index is 486. The molecule has 0 saturated carbocycles. The number of phenolic OH excluding ortho intramolecular Hbond substituents is 1. The number of halogens is 1. The Morgan fingerprint density at radius 1 is 1.50 bits per heavy atom. The highest BCUT2D eigenvalue weighted by atomic mass is 35.5. The second kappa shape index (κ2) is 5.89. The molecule has 1 aromatic rings. The van der Waals surface area contributed by atoms with Crippen molar-refractivity contribution in [2.24, 2.45) is 0 Å². The lowest BCUT2D eigenvalue weighted by Gasteiger charge is -2.14. The normalized spacial score (nSPS) is 15.1. The molecule has 0 radical (unpaired) electrons. The van der Waals surface area contributed by atoms with Gasteiger partial charge >= 0.3 is 0 Å². The minimum Gasteiger partial charge on any atom is -0.506 e. The minimum atomic E-state index is -0.184. The van der Waals surface area contributed by atoms with Crippen molar-refractivity contribution in [1.29, 1.82) is 0 Å². The van der Waals surface area contributed by atoms with Gasteiger partial charge < -0.3 is 15.7 Å². The Kier molecular flexibility index (Phi) is 4.23. The molecule has 0 saturated heterocycles. The second-order valence-electron chi connectivity index (χ2n) is 4.17. The SMILES string of the molecule is O=C(NCC1=CCNCC1)c1ccc(O)c(Cl)c1. The average Bonchev–Trinajstić information content (AvgIpc) is 2.40. The van der Waals surface area contributed by atoms with E-state index in [1.54, 1.807) is 6.07 Å². The molecule has 1 aliphatic rings. The predicted molar refractivity (Wildman–Crippen MR) is 71.0 cm³/mol. The zero-order chi connectivity index (χ0) is 13.0. The lowest BCUT2D eigenvalue weighted by molar-refractivity contribution is 0.0956. The van der Waals surface area contributed by atoms with Gasteiger partial charge in [0.15, 0.2) is 0 Å². The van der Waals surface area contributed by atoms with Gasteiger partial charge in [0, 0.05) is 18.7 Å². The quantitative estimate of drug-likeness (QED) is 0.730. The van der Waals surface area contributed by atoms with Crippen molar-refractivity contribution in [2.45, 2.75) is 6.42 Å². The number of phenols is 1. The summed E-state index contributed by atoms with van der Waals surface area (Å²) in [6.45, 7) is 2.36. The number of carbonyl (C=O) groups excluding carboxylic acids is 1. The van der Waals surface area contributed by atoms with E-state index in [2.05, 4.69) is 16.7 Å². The van der Waals surface area contributed by atoms with E-state index in [4.69, 9.17) is 11.6 Å². The highest BCUT2D eigenvalue weighted by Crippen LogP contribution is 2.23. The number of hydrogen-bond donors (Lipinski definition) is 3. The monoisotopic (exact) mass is 266 g/mol. The third-order valence-electron chi connectivity index (χ3n) is 2.84. The summed E-state index contributed by atoms with van der Waals surface area (Å²) in [6, 6.07) is 4.43. The molecule has 2 rings (SSSR count). The number of hydrogen-bond acceptors (Lipinski definition) is 3. The zero-order valence-electron chi connectivity index (χ0n) is 9.87. The Labute approximate surface area is 111 Å². The second-order valence-corrected chi connectivity index (χ2v) is 4.57. The number of amides is 1. The molecule has 1 amide bonds. The lowest BCUT2D eigenvalue weighted by atomic mass is 10.1. The summed E-state index contributed by atoms with van der Waals surface area (Å²) in [5.41, 5.74) is 1.68. The van der Waals surface area contributed by atoms with Gasteiger partial charge in [-0.2, -0.15) is 0 Å². The first kappa shape index (κ1) is 12.9. The topological polar surface area (TPSA) is 61.4 Å².